The van der Waals surface area contributed by atoms with Crippen molar-refractivity contribution in [3.05, 3.63) is 40.0 Å². The van der Waals surface area contributed by atoms with Crippen molar-refractivity contribution >= 4 is 21.9 Å². The number of hydrogen-bond donors (Lipinski definition) is 2. The lowest BCUT2D eigenvalue weighted by Crippen LogP contribution is -1.96. The number of aromatic carboxylic acids is 1. The number of aromatic amines is 1. The Morgan fingerprint density at radius 3 is 2.76 bits per heavy atom. The van der Waals surface area contributed by atoms with Crippen LogP contribution in [0.4, 0.5) is 0 Å². The van der Waals surface area contributed by atoms with Crippen molar-refractivity contribution in [2.24, 2.45) is 0 Å². The Kier molecular flexibility index (Phi) is 3.14. The van der Waals surface area contributed by atoms with Crippen LogP contribution in [0.25, 0.3) is 0 Å². The predicted octanol–water partition coefficient (Wildman–Crippen LogP) is 2.97. The van der Waals surface area contributed by atoms with Gasteiger partial charge < -0.3 is 9.84 Å². The fourth-order valence-electron chi connectivity index (χ4n) is 1.31. The molecule has 17 heavy (non-hydrogen) atoms. The van der Waals surface area contributed by atoms with Crippen LogP contribution in [0, 0.1) is 6.92 Å². The Hall–Kier alpha value is -1.82. The molecule has 0 aliphatic heterocycles. The van der Waals surface area contributed by atoms with Crippen molar-refractivity contribution in [2.45, 2.75) is 6.92 Å². The minimum Gasteiger partial charge on any atom is -0.478 e. The van der Waals surface area contributed by atoms with E-state index in [9.17, 15) is 4.79 Å². The predicted molar refractivity (Wildman–Crippen MR) is 64.5 cm³/mol. The van der Waals surface area contributed by atoms with Crippen molar-refractivity contribution < 1.29 is 14.6 Å². The fraction of sp³-hybridized carbons (Fsp3) is 0.0909. The standard InChI is InChI=1S/C11H9BrN2O3/c1-6-2-10(14-13-6)17-9-4-7(11(15)16)3-8(12)5-9/h2-5H,1H3,(H,13,14)(H,15,16). The van der Waals surface area contributed by atoms with Gasteiger partial charge in [-0.2, -0.15) is 0 Å². The third kappa shape index (κ3) is 2.85. The van der Waals surface area contributed by atoms with Crippen LogP contribution in [0.3, 0.4) is 0 Å². The number of nitrogens with one attached hydrogen (secondary N) is 1. The van der Waals surface area contributed by atoms with Gasteiger partial charge in [-0.25, -0.2) is 4.79 Å². The summed E-state index contributed by atoms with van der Waals surface area (Å²) in [6, 6.07) is 6.35. The van der Waals surface area contributed by atoms with Gasteiger partial charge in [0.2, 0.25) is 5.88 Å². The molecule has 88 valence electrons. The summed E-state index contributed by atoms with van der Waals surface area (Å²) in [5.41, 5.74) is 1.02. The third-order valence-corrected chi connectivity index (χ3v) is 2.48. The maximum Gasteiger partial charge on any atom is 0.335 e. The summed E-state index contributed by atoms with van der Waals surface area (Å²) in [6.45, 7) is 1.85. The number of nitrogens with zero attached hydrogens (tertiary/aromatic N) is 1. The molecule has 0 aliphatic carbocycles. The molecule has 0 unspecified atom stereocenters. The Labute approximate surface area is 106 Å². The summed E-state index contributed by atoms with van der Waals surface area (Å²) in [7, 11) is 0. The molecule has 0 saturated carbocycles. The van der Waals surface area contributed by atoms with Gasteiger partial charge in [0.1, 0.15) is 5.75 Å². The van der Waals surface area contributed by atoms with Crippen molar-refractivity contribution in [3.63, 3.8) is 0 Å². The number of carbonyl (C=O) groups is 1. The molecule has 1 heterocycles. The molecule has 0 saturated heterocycles. The van der Waals surface area contributed by atoms with Gasteiger partial charge in [-0.1, -0.05) is 15.9 Å². The number of benzene rings is 1. The smallest absolute Gasteiger partial charge is 0.335 e. The van der Waals surface area contributed by atoms with Gasteiger partial charge in [-0.05, 0) is 25.1 Å². The van der Waals surface area contributed by atoms with E-state index in [0.29, 0.717) is 16.1 Å². The largest absolute Gasteiger partial charge is 0.478 e. The summed E-state index contributed by atoms with van der Waals surface area (Å²) in [6.07, 6.45) is 0. The average Bonchev–Trinajstić information content (AvgIpc) is 2.63. The zero-order valence-electron chi connectivity index (χ0n) is 8.90. The zero-order chi connectivity index (χ0) is 12.4. The average molecular weight is 297 g/mol. The highest BCUT2D eigenvalue weighted by Crippen LogP contribution is 2.25. The lowest BCUT2D eigenvalue weighted by molar-refractivity contribution is 0.0696. The number of H-pyrrole nitrogens is 1. The van der Waals surface area contributed by atoms with Gasteiger partial charge >= 0.3 is 5.97 Å². The maximum absolute atomic E-state index is 10.9. The topological polar surface area (TPSA) is 75.2 Å². The van der Waals surface area contributed by atoms with Crippen LogP contribution in [-0.4, -0.2) is 21.3 Å². The van der Waals surface area contributed by atoms with E-state index >= 15 is 0 Å². The molecule has 5 nitrogen and oxygen atoms in total. The number of halogens is 1. The number of hydrogen-bond acceptors (Lipinski definition) is 3. The first kappa shape index (κ1) is 11.7. The first-order valence-corrected chi connectivity index (χ1v) is 5.57. The zero-order valence-corrected chi connectivity index (χ0v) is 10.5. The van der Waals surface area contributed by atoms with Crippen LogP contribution in [0.1, 0.15) is 16.1 Å². The molecule has 2 N–H and O–H groups in total. The quantitative estimate of drug-likeness (QED) is 0.913. The maximum atomic E-state index is 10.9. The van der Waals surface area contributed by atoms with Crippen LogP contribution >= 0.6 is 15.9 Å². The summed E-state index contributed by atoms with van der Waals surface area (Å²) >= 11 is 3.23. The molecule has 1 aromatic heterocycles. The summed E-state index contributed by atoms with van der Waals surface area (Å²) in [5, 5.41) is 15.5. The van der Waals surface area contributed by atoms with Crippen LogP contribution in [0.15, 0.2) is 28.7 Å². The molecule has 0 spiro atoms. The minimum absolute atomic E-state index is 0.154. The Bertz CT molecular complexity index is 566. The Balaban J connectivity index is 2.29. The summed E-state index contributed by atoms with van der Waals surface area (Å²) in [4.78, 5) is 10.9. The molecule has 1 aromatic carbocycles. The second-order valence-electron chi connectivity index (χ2n) is 3.47. The van der Waals surface area contributed by atoms with Crippen LogP contribution in [0.2, 0.25) is 0 Å². The molecule has 0 amide bonds. The SMILES string of the molecule is Cc1cc(Oc2cc(Br)cc(C(=O)O)c2)n[nH]1. The molecule has 0 bridgehead atoms. The van der Waals surface area contributed by atoms with E-state index in [1.54, 1.807) is 12.1 Å². The summed E-state index contributed by atoms with van der Waals surface area (Å²) in [5.74, 6) is -0.186. The van der Waals surface area contributed by atoms with E-state index in [1.165, 1.54) is 12.1 Å². The van der Waals surface area contributed by atoms with Crippen molar-refractivity contribution in [1.82, 2.24) is 10.2 Å². The molecule has 0 aliphatic rings. The molecule has 6 heteroatoms. The van der Waals surface area contributed by atoms with Gasteiger partial charge in [-0.3, -0.25) is 5.10 Å². The minimum atomic E-state index is -1.01. The first-order chi connectivity index (χ1) is 8.04. The van der Waals surface area contributed by atoms with Crippen molar-refractivity contribution in [1.29, 1.82) is 0 Å². The van der Waals surface area contributed by atoms with Gasteiger partial charge in [0.15, 0.2) is 0 Å². The van der Waals surface area contributed by atoms with E-state index < -0.39 is 5.97 Å². The number of aryl methyl sites for hydroxylation is 1. The molecule has 2 rings (SSSR count). The number of aromatic nitrogens is 2. The van der Waals surface area contributed by atoms with E-state index in [0.717, 1.165) is 5.69 Å². The monoisotopic (exact) mass is 296 g/mol. The van der Waals surface area contributed by atoms with Gasteiger partial charge in [0.05, 0.1) is 5.56 Å². The first-order valence-electron chi connectivity index (χ1n) is 4.78. The fourth-order valence-corrected chi connectivity index (χ4v) is 1.78. The lowest BCUT2D eigenvalue weighted by Gasteiger charge is -2.04. The van der Waals surface area contributed by atoms with Gasteiger partial charge in [0, 0.05) is 16.2 Å². The number of rotatable bonds is 3. The summed E-state index contributed by atoms with van der Waals surface area (Å²) < 4.78 is 6.07. The Morgan fingerprint density at radius 2 is 2.18 bits per heavy atom. The highest BCUT2D eigenvalue weighted by Gasteiger charge is 2.08. The molecular formula is C11H9BrN2O3. The van der Waals surface area contributed by atoms with E-state index in [4.69, 9.17) is 9.84 Å². The molecule has 0 atom stereocenters. The molecule has 0 radical (unpaired) electrons. The van der Waals surface area contributed by atoms with Crippen LogP contribution in [0.5, 0.6) is 11.6 Å². The van der Waals surface area contributed by atoms with Gasteiger partial charge in [-0.15, -0.1) is 5.10 Å². The van der Waals surface area contributed by atoms with E-state index in [1.807, 2.05) is 6.92 Å². The normalized spacial score (nSPS) is 10.2. The van der Waals surface area contributed by atoms with Crippen molar-refractivity contribution in [3.8, 4) is 11.6 Å². The third-order valence-electron chi connectivity index (χ3n) is 2.02. The Morgan fingerprint density at radius 1 is 1.41 bits per heavy atom. The molecular weight excluding hydrogens is 288 g/mol. The second kappa shape index (κ2) is 4.58. The number of ether oxygens (including phenoxy) is 1. The number of carboxylic acids is 1. The van der Waals surface area contributed by atoms with Gasteiger partial charge in [0.25, 0.3) is 0 Å². The highest BCUT2D eigenvalue weighted by atomic mass is 79.9. The van der Waals surface area contributed by atoms with E-state index in [-0.39, 0.29) is 5.56 Å². The van der Waals surface area contributed by atoms with Crippen LogP contribution in [-0.2, 0) is 0 Å². The number of carboxylic acid groups (broad SMARTS) is 1. The second-order valence-corrected chi connectivity index (χ2v) is 4.39. The highest BCUT2D eigenvalue weighted by molar-refractivity contribution is 9.10. The van der Waals surface area contributed by atoms with Crippen LogP contribution < -0.4 is 4.74 Å². The molecule has 0 fully saturated rings. The lowest BCUT2D eigenvalue weighted by atomic mass is 10.2. The van der Waals surface area contributed by atoms with E-state index in [2.05, 4.69) is 26.1 Å². The van der Waals surface area contributed by atoms with Crippen molar-refractivity contribution in [2.75, 3.05) is 0 Å². The molecule has 2 aromatic rings.